The molecule has 3 amide bonds. The Balaban J connectivity index is 1.47. The summed E-state index contributed by atoms with van der Waals surface area (Å²) in [6.07, 6.45) is 2.11. The van der Waals surface area contributed by atoms with Gasteiger partial charge in [0.1, 0.15) is 5.69 Å². The van der Waals surface area contributed by atoms with Crippen molar-refractivity contribution in [3.8, 4) is 0 Å². The number of aromatic nitrogens is 1. The molecule has 1 saturated heterocycles. The third-order valence-electron chi connectivity index (χ3n) is 4.20. The monoisotopic (exact) mass is 408 g/mol. The Morgan fingerprint density at radius 3 is 2.75 bits per heavy atom. The Morgan fingerprint density at radius 2 is 2.04 bits per heavy atom. The number of hydrogen-bond acceptors (Lipinski definition) is 5. The second kappa shape index (κ2) is 8.87. The normalized spacial score (nSPS) is 13.6. The molecule has 10 heteroatoms. The Hall–Kier alpha value is -2.88. The molecule has 2 N–H and O–H groups in total. The summed E-state index contributed by atoms with van der Waals surface area (Å²) in [7, 11) is 0. The van der Waals surface area contributed by atoms with Gasteiger partial charge in [-0.25, -0.2) is 13.8 Å². The maximum absolute atomic E-state index is 13.2. The molecule has 0 atom stereocenters. The number of amides is 3. The van der Waals surface area contributed by atoms with Gasteiger partial charge >= 0.3 is 0 Å². The van der Waals surface area contributed by atoms with Gasteiger partial charge in [-0.3, -0.25) is 19.7 Å². The van der Waals surface area contributed by atoms with E-state index in [0.717, 1.165) is 42.5 Å². The highest BCUT2D eigenvalue weighted by Crippen LogP contribution is 2.17. The van der Waals surface area contributed by atoms with Crippen LogP contribution in [0.4, 0.5) is 13.9 Å². The Kier molecular flexibility index (Phi) is 6.30. The number of anilines is 1. The van der Waals surface area contributed by atoms with Crippen molar-refractivity contribution in [2.75, 3.05) is 25.0 Å². The SMILES string of the molecule is O=C(Nc1nc(C(=O)NCCCN2CCCC2=O)cs1)c1ccc(F)c(F)c1. The molecule has 0 unspecified atom stereocenters. The topological polar surface area (TPSA) is 91.4 Å². The summed E-state index contributed by atoms with van der Waals surface area (Å²) in [4.78, 5) is 41.5. The van der Waals surface area contributed by atoms with E-state index in [2.05, 4.69) is 15.6 Å². The number of likely N-dealkylation sites (tertiary alicyclic amines) is 1. The minimum atomic E-state index is -1.12. The number of thiazole rings is 1. The van der Waals surface area contributed by atoms with Gasteiger partial charge in [0, 0.05) is 37.0 Å². The number of carbonyl (C=O) groups is 3. The van der Waals surface area contributed by atoms with E-state index in [1.54, 1.807) is 4.90 Å². The highest BCUT2D eigenvalue weighted by Gasteiger charge is 2.19. The molecule has 2 aromatic rings. The van der Waals surface area contributed by atoms with E-state index in [9.17, 15) is 23.2 Å². The molecule has 3 rings (SSSR count). The number of halogens is 2. The Bertz CT molecular complexity index is 903. The summed E-state index contributed by atoms with van der Waals surface area (Å²) < 4.78 is 26.1. The largest absolute Gasteiger partial charge is 0.351 e. The maximum atomic E-state index is 13.2. The molecule has 148 valence electrons. The lowest BCUT2D eigenvalue weighted by Gasteiger charge is -2.14. The van der Waals surface area contributed by atoms with Crippen molar-refractivity contribution in [2.45, 2.75) is 19.3 Å². The summed E-state index contributed by atoms with van der Waals surface area (Å²) in [6, 6.07) is 2.80. The zero-order valence-corrected chi connectivity index (χ0v) is 15.7. The zero-order valence-electron chi connectivity index (χ0n) is 14.8. The fraction of sp³-hybridized carbons (Fsp3) is 0.333. The lowest BCUT2D eigenvalue weighted by Crippen LogP contribution is -2.30. The number of nitrogens with zero attached hydrogens (tertiary/aromatic N) is 2. The minimum Gasteiger partial charge on any atom is -0.351 e. The maximum Gasteiger partial charge on any atom is 0.270 e. The molecule has 0 spiro atoms. The fourth-order valence-electron chi connectivity index (χ4n) is 2.74. The van der Waals surface area contributed by atoms with Crippen molar-refractivity contribution in [1.82, 2.24) is 15.2 Å². The lowest BCUT2D eigenvalue weighted by molar-refractivity contribution is -0.127. The van der Waals surface area contributed by atoms with E-state index in [1.807, 2.05) is 0 Å². The summed E-state index contributed by atoms with van der Waals surface area (Å²) >= 11 is 1.04. The van der Waals surface area contributed by atoms with Crippen LogP contribution in [0.2, 0.25) is 0 Å². The van der Waals surface area contributed by atoms with E-state index in [0.29, 0.717) is 25.9 Å². The lowest BCUT2D eigenvalue weighted by atomic mass is 10.2. The van der Waals surface area contributed by atoms with Crippen LogP contribution in [0.5, 0.6) is 0 Å². The van der Waals surface area contributed by atoms with Gasteiger partial charge in [-0.1, -0.05) is 0 Å². The van der Waals surface area contributed by atoms with Crippen LogP contribution in [-0.2, 0) is 4.79 Å². The number of benzene rings is 1. The standard InChI is InChI=1S/C18H18F2N4O3S/c19-12-5-4-11(9-13(12)20)16(26)23-18-22-14(10-28-18)17(27)21-6-2-8-24-7-1-3-15(24)25/h4-5,9-10H,1-3,6-8H2,(H,21,27)(H,22,23,26). The molecule has 0 aliphatic carbocycles. The van der Waals surface area contributed by atoms with Crippen LogP contribution in [0.25, 0.3) is 0 Å². The van der Waals surface area contributed by atoms with Gasteiger partial charge in [0.2, 0.25) is 5.91 Å². The van der Waals surface area contributed by atoms with E-state index in [4.69, 9.17) is 0 Å². The molecule has 1 aliphatic rings. The van der Waals surface area contributed by atoms with E-state index in [-0.39, 0.29) is 22.3 Å². The first-order chi connectivity index (χ1) is 13.4. The second-order valence-electron chi connectivity index (χ2n) is 6.21. The first-order valence-electron chi connectivity index (χ1n) is 8.72. The van der Waals surface area contributed by atoms with Crippen LogP contribution in [-0.4, -0.2) is 47.2 Å². The van der Waals surface area contributed by atoms with Crippen molar-refractivity contribution >= 4 is 34.2 Å². The molecule has 1 aromatic carbocycles. The van der Waals surface area contributed by atoms with Crippen LogP contribution < -0.4 is 10.6 Å². The molecule has 0 bridgehead atoms. The van der Waals surface area contributed by atoms with Crippen LogP contribution >= 0.6 is 11.3 Å². The average molecular weight is 408 g/mol. The van der Waals surface area contributed by atoms with Crippen molar-refractivity contribution in [3.63, 3.8) is 0 Å². The van der Waals surface area contributed by atoms with Gasteiger partial charge in [0.15, 0.2) is 16.8 Å². The fourth-order valence-corrected chi connectivity index (χ4v) is 3.43. The van der Waals surface area contributed by atoms with Crippen molar-refractivity contribution in [1.29, 1.82) is 0 Å². The summed E-state index contributed by atoms with van der Waals surface area (Å²) in [5.74, 6) is -3.07. The summed E-state index contributed by atoms with van der Waals surface area (Å²) in [6.45, 7) is 1.77. The third-order valence-corrected chi connectivity index (χ3v) is 4.96. The molecular weight excluding hydrogens is 390 g/mol. The molecule has 2 heterocycles. The summed E-state index contributed by atoms with van der Waals surface area (Å²) in [5, 5.41) is 6.81. The van der Waals surface area contributed by atoms with Crippen LogP contribution in [0, 0.1) is 11.6 Å². The summed E-state index contributed by atoms with van der Waals surface area (Å²) in [5.41, 5.74) is 0.0828. The highest BCUT2D eigenvalue weighted by molar-refractivity contribution is 7.14. The van der Waals surface area contributed by atoms with Crippen molar-refractivity contribution in [3.05, 3.63) is 46.5 Å². The predicted molar refractivity (Wildman–Crippen MR) is 99.2 cm³/mol. The van der Waals surface area contributed by atoms with Gasteiger partial charge in [-0.15, -0.1) is 11.3 Å². The first-order valence-corrected chi connectivity index (χ1v) is 9.60. The number of nitrogens with one attached hydrogen (secondary N) is 2. The first kappa shape index (κ1) is 19.9. The van der Waals surface area contributed by atoms with Gasteiger partial charge in [-0.05, 0) is 31.0 Å². The number of carbonyl (C=O) groups excluding carboxylic acids is 3. The smallest absolute Gasteiger partial charge is 0.270 e. The molecule has 1 fully saturated rings. The third kappa shape index (κ3) is 4.89. The van der Waals surface area contributed by atoms with Gasteiger partial charge < -0.3 is 10.2 Å². The molecule has 28 heavy (non-hydrogen) atoms. The van der Waals surface area contributed by atoms with Gasteiger partial charge in [0.05, 0.1) is 0 Å². The van der Waals surface area contributed by atoms with Crippen LogP contribution in [0.1, 0.15) is 40.1 Å². The quantitative estimate of drug-likeness (QED) is 0.689. The molecular formula is C18H18F2N4O3S. The van der Waals surface area contributed by atoms with E-state index < -0.39 is 23.4 Å². The predicted octanol–water partition coefficient (Wildman–Crippen LogP) is 2.42. The van der Waals surface area contributed by atoms with Crippen molar-refractivity contribution in [2.24, 2.45) is 0 Å². The van der Waals surface area contributed by atoms with Crippen LogP contribution in [0.15, 0.2) is 23.6 Å². The van der Waals surface area contributed by atoms with Gasteiger partial charge in [-0.2, -0.15) is 0 Å². The van der Waals surface area contributed by atoms with Crippen LogP contribution in [0.3, 0.4) is 0 Å². The average Bonchev–Trinajstić information content (AvgIpc) is 3.30. The minimum absolute atomic E-state index is 0.0587. The molecule has 0 radical (unpaired) electrons. The molecule has 0 saturated carbocycles. The zero-order chi connectivity index (χ0) is 20.1. The second-order valence-corrected chi connectivity index (χ2v) is 7.07. The molecule has 1 aromatic heterocycles. The number of rotatable bonds is 7. The number of hydrogen-bond donors (Lipinski definition) is 2. The van der Waals surface area contributed by atoms with E-state index in [1.165, 1.54) is 5.38 Å². The molecule has 1 aliphatic heterocycles. The Labute approximate surface area is 163 Å². The highest BCUT2D eigenvalue weighted by atomic mass is 32.1. The van der Waals surface area contributed by atoms with E-state index >= 15 is 0 Å². The molecule has 7 nitrogen and oxygen atoms in total. The van der Waals surface area contributed by atoms with Gasteiger partial charge in [0.25, 0.3) is 11.8 Å². The van der Waals surface area contributed by atoms with Crippen molar-refractivity contribution < 1.29 is 23.2 Å². The Morgan fingerprint density at radius 1 is 1.21 bits per heavy atom.